The van der Waals surface area contributed by atoms with Crippen LogP contribution in [-0.4, -0.2) is 59.1 Å². The third kappa shape index (κ3) is 5.70. The smallest absolute Gasteiger partial charge is 0.276 e. The molecule has 1 fully saturated rings. The Kier molecular flexibility index (Phi) is 8.00. The lowest BCUT2D eigenvalue weighted by molar-refractivity contribution is -0.118. The number of benzene rings is 2. The first kappa shape index (κ1) is 27.7. The zero-order valence-corrected chi connectivity index (χ0v) is 24.8. The van der Waals surface area contributed by atoms with Gasteiger partial charge in [-0.3, -0.25) is 19.3 Å². The number of halogens is 1. The van der Waals surface area contributed by atoms with Crippen LogP contribution in [0.1, 0.15) is 34.1 Å². The summed E-state index contributed by atoms with van der Waals surface area (Å²) in [5.74, 6) is -0.748. The number of nitrogens with zero attached hydrogens (tertiary/aromatic N) is 4. The molecule has 2 aliphatic heterocycles. The summed E-state index contributed by atoms with van der Waals surface area (Å²) in [6, 6.07) is 15.3. The summed E-state index contributed by atoms with van der Waals surface area (Å²) >= 11 is 4.76. The minimum absolute atomic E-state index is 0.243. The lowest BCUT2D eigenvalue weighted by Crippen LogP contribution is -2.54. The van der Waals surface area contributed by atoms with E-state index in [1.54, 1.807) is 23.6 Å². The van der Waals surface area contributed by atoms with Gasteiger partial charge in [0.15, 0.2) is 0 Å². The maximum atomic E-state index is 14.0. The summed E-state index contributed by atoms with van der Waals surface area (Å²) in [5.41, 5.74) is 5.41. The molecule has 0 unspecified atom stereocenters. The van der Waals surface area contributed by atoms with Crippen molar-refractivity contribution >= 4 is 60.1 Å². The summed E-state index contributed by atoms with van der Waals surface area (Å²) < 4.78 is 8.88. The predicted octanol–water partition coefficient (Wildman–Crippen LogP) is 4.10. The highest BCUT2D eigenvalue weighted by atomic mass is 79.9. The monoisotopic (exact) mass is 636 g/mol. The van der Waals surface area contributed by atoms with Crippen LogP contribution in [0.15, 0.2) is 63.9 Å². The molecule has 2 aliphatic rings. The Labute approximate surface area is 249 Å². The Morgan fingerprint density at radius 3 is 2.63 bits per heavy atom. The van der Waals surface area contributed by atoms with Gasteiger partial charge in [0.1, 0.15) is 6.04 Å². The van der Waals surface area contributed by atoms with Crippen molar-refractivity contribution < 1.29 is 14.3 Å². The molecule has 0 spiro atoms. The molecular formula is C29H29BrN6O4S. The molecule has 2 amide bonds. The van der Waals surface area contributed by atoms with E-state index in [-0.39, 0.29) is 11.5 Å². The molecule has 0 aliphatic carbocycles. The number of aromatic nitrogens is 2. The first-order chi connectivity index (χ1) is 19.9. The first-order valence-corrected chi connectivity index (χ1v) is 15.1. The number of pyridine rings is 1. The molecule has 2 aromatic heterocycles. The van der Waals surface area contributed by atoms with E-state index >= 15 is 0 Å². The normalized spacial score (nSPS) is 17.6. The van der Waals surface area contributed by atoms with E-state index in [1.807, 2.05) is 36.4 Å². The molecule has 12 heteroatoms. The minimum atomic E-state index is -0.993. The van der Waals surface area contributed by atoms with E-state index in [0.717, 1.165) is 40.7 Å². The molecular weight excluding hydrogens is 608 g/mol. The Morgan fingerprint density at radius 2 is 1.88 bits per heavy atom. The molecule has 0 saturated carbocycles. The van der Waals surface area contributed by atoms with E-state index in [1.165, 1.54) is 22.4 Å². The Hall–Kier alpha value is -3.42. The van der Waals surface area contributed by atoms with Gasteiger partial charge in [-0.25, -0.2) is 15.4 Å². The molecule has 6 rings (SSSR count). The number of carbonyl (C=O) groups excluding carboxylic acids is 2. The van der Waals surface area contributed by atoms with Gasteiger partial charge in [-0.2, -0.15) is 0 Å². The maximum Gasteiger partial charge on any atom is 0.276 e. The molecule has 1 saturated heterocycles. The van der Waals surface area contributed by atoms with Gasteiger partial charge < -0.3 is 14.6 Å². The molecule has 41 heavy (non-hydrogen) atoms. The van der Waals surface area contributed by atoms with Crippen LogP contribution in [0, 0.1) is 6.92 Å². The number of nitrogens with one attached hydrogen (secondary N) is 2. The van der Waals surface area contributed by atoms with E-state index < -0.39 is 11.9 Å². The predicted molar refractivity (Wildman–Crippen MR) is 162 cm³/mol. The number of rotatable bonds is 7. The average molecular weight is 638 g/mol. The van der Waals surface area contributed by atoms with E-state index in [2.05, 4.69) is 36.6 Å². The lowest BCUT2D eigenvalue weighted by Gasteiger charge is -2.34. The summed E-state index contributed by atoms with van der Waals surface area (Å²) in [5, 5.41) is 4.68. The van der Waals surface area contributed by atoms with Crippen molar-refractivity contribution in [2.45, 2.75) is 25.9 Å². The standard InChI is InChI=1S/C29H29BrN6O4S/c1-18-25-21(17-24(37)35(18)12-4-11-34-13-15-40-16-14-34)26(27(38)31-20-9-7-19(30)8-10-20)33-36(28(25)39)29-32-22-5-2-3-6-23(22)41-29/h2-3,5-10,17,26,33H,4,11-16H2,1H3,(H,31,38)/t26-/m1/s1. The summed E-state index contributed by atoms with van der Waals surface area (Å²) in [6.45, 7) is 6.24. The molecule has 2 aromatic carbocycles. The largest absolute Gasteiger partial charge is 0.379 e. The number of carbonyl (C=O) groups is 2. The topological polar surface area (TPSA) is 109 Å². The van der Waals surface area contributed by atoms with Gasteiger partial charge in [0.25, 0.3) is 11.5 Å². The van der Waals surface area contributed by atoms with Crippen molar-refractivity contribution in [3.05, 3.63) is 86.2 Å². The van der Waals surface area contributed by atoms with Crippen LogP contribution in [0.3, 0.4) is 0 Å². The molecule has 10 nitrogen and oxygen atoms in total. The molecule has 0 bridgehead atoms. The van der Waals surface area contributed by atoms with Gasteiger partial charge in [-0.1, -0.05) is 39.4 Å². The van der Waals surface area contributed by atoms with Gasteiger partial charge in [0.05, 0.1) is 29.0 Å². The van der Waals surface area contributed by atoms with E-state index in [0.29, 0.717) is 47.4 Å². The number of ether oxygens (including phenoxy) is 1. The second-order valence-corrected chi connectivity index (χ2v) is 11.9. The summed E-state index contributed by atoms with van der Waals surface area (Å²) in [4.78, 5) is 48.0. The average Bonchev–Trinajstić information content (AvgIpc) is 3.40. The van der Waals surface area contributed by atoms with Gasteiger partial charge in [0, 0.05) is 53.7 Å². The third-order valence-electron chi connectivity index (χ3n) is 7.39. The number of anilines is 2. The van der Waals surface area contributed by atoms with Crippen molar-refractivity contribution in [3.8, 4) is 0 Å². The van der Waals surface area contributed by atoms with Crippen molar-refractivity contribution in [2.75, 3.05) is 43.2 Å². The van der Waals surface area contributed by atoms with Crippen molar-refractivity contribution in [2.24, 2.45) is 0 Å². The third-order valence-corrected chi connectivity index (χ3v) is 8.94. The molecule has 1 atom stereocenters. The number of fused-ring (bicyclic) bond motifs is 2. The van der Waals surface area contributed by atoms with Crippen LogP contribution in [-0.2, 0) is 16.1 Å². The molecule has 212 valence electrons. The van der Waals surface area contributed by atoms with Gasteiger partial charge in [-0.05, 0) is 49.7 Å². The fraction of sp³-hybridized carbons (Fsp3) is 0.310. The van der Waals surface area contributed by atoms with Gasteiger partial charge in [-0.15, -0.1) is 0 Å². The van der Waals surface area contributed by atoms with E-state index in [4.69, 9.17) is 4.74 Å². The van der Waals surface area contributed by atoms with Crippen LogP contribution >= 0.6 is 27.3 Å². The zero-order chi connectivity index (χ0) is 28.5. The van der Waals surface area contributed by atoms with Gasteiger partial charge >= 0.3 is 0 Å². The van der Waals surface area contributed by atoms with E-state index in [9.17, 15) is 14.4 Å². The molecule has 0 radical (unpaired) electrons. The maximum absolute atomic E-state index is 14.0. The van der Waals surface area contributed by atoms with Crippen LogP contribution in [0.2, 0.25) is 0 Å². The number of morpholine rings is 1. The minimum Gasteiger partial charge on any atom is -0.379 e. The highest BCUT2D eigenvalue weighted by Gasteiger charge is 2.39. The van der Waals surface area contributed by atoms with Crippen molar-refractivity contribution in [1.82, 2.24) is 19.9 Å². The summed E-state index contributed by atoms with van der Waals surface area (Å²) in [6.07, 6.45) is 0.751. The molecule has 2 N–H and O–H groups in total. The first-order valence-electron chi connectivity index (χ1n) is 13.5. The molecule has 4 heterocycles. The highest BCUT2D eigenvalue weighted by molar-refractivity contribution is 9.10. The number of amides is 2. The SMILES string of the molecule is Cc1c2c(cc(=O)n1CCCN1CCOCC1)[C@H](C(=O)Nc1ccc(Br)cc1)NN(c1nc3ccccc3s1)C2=O. The Balaban J connectivity index is 1.36. The lowest BCUT2D eigenvalue weighted by atomic mass is 9.96. The number of hydrazine groups is 1. The Morgan fingerprint density at radius 1 is 1.12 bits per heavy atom. The quantitative estimate of drug-likeness (QED) is 0.314. The number of para-hydroxylation sites is 1. The number of hydrogen-bond donors (Lipinski definition) is 2. The Bertz CT molecular complexity index is 1630. The van der Waals surface area contributed by atoms with Crippen LogP contribution in [0.4, 0.5) is 10.8 Å². The van der Waals surface area contributed by atoms with Crippen LogP contribution < -0.4 is 21.3 Å². The molecule has 4 aromatic rings. The fourth-order valence-corrected chi connectivity index (χ4v) is 6.46. The second-order valence-electron chi connectivity index (χ2n) is 10.0. The van der Waals surface area contributed by atoms with Crippen LogP contribution in [0.25, 0.3) is 10.2 Å². The van der Waals surface area contributed by atoms with Crippen molar-refractivity contribution in [3.63, 3.8) is 0 Å². The van der Waals surface area contributed by atoms with Crippen LogP contribution in [0.5, 0.6) is 0 Å². The highest BCUT2D eigenvalue weighted by Crippen LogP contribution is 2.34. The fourth-order valence-electron chi connectivity index (χ4n) is 5.27. The zero-order valence-electron chi connectivity index (χ0n) is 22.4. The number of thiazole rings is 1. The second kappa shape index (κ2) is 11.8. The number of hydrogen-bond acceptors (Lipinski definition) is 8. The van der Waals surface area contributed by atoms with Crippen molar-refractivity contribution in [1.29, 1.82) is 0 Å². The van der Waals surface area contributed by atoms with Gasteiger partial charge in [0.2, 0.25) is 11.0 Å². The summed E-state index contributed by atoms with van der Waals surface area (Å²) in [7, 11) is 0.